The number of aromatic nitrogens is 1. The first kappa shape index (κ1) is 18.6. The standard InChI is InChI=1S/C24H29N3O/c1-4-18-8-13-22-21(16-18)17(3)23(27(22)5-2)24(28)25-19-9-11-20(12-10-19)26-14-6-7-15-26/h8-13,16H,4-7,14-15H2,1-3H3,(H,25,28). The van der Waals surface area contributed by atoms with Crippen LogP contribution in [0.1, 0.15) is 48.3 Å². The predicted molar refractivity (Wildman–Crippen MR) is 118 cm³/mol. The molecule has 1 N–H and O–H groups in total. The van der Waals surface area contributed by atoms with Crippen LogP contribution in [0.2, 0.25) is 0 Å². The van der Waals surface area contributed by atoms with Crippen molar-refractivity contribution in [3.8, 4) is 0 Å². The topological polar surface area (TPSA) is 37.3 Å². The highest BCUT2D eigenvalue weighted by Crippen LogP contribution is 2.28. The van der Waals surface area contributed by atoms with Crippen LogP contribution in [0.3, 0.4) is 0 Å². The summed E-state index contributed by atoms with van der Waals surface area (Å²) in [5.41, 5.74) is 6.32. The molecule has 4 heteroatoms. The number of anilines is 2. The fourth-order valence-electron chi connectivity index (χ4n) is 4.33. The molecular weight excluding hydrogens is 346 g/mol. The quantitative estimate of drug-likeness (QED) is 0.650. The maximum absolute atomic E-state index is 13.1. The molecule has 4 rings (SSSR count). The number of fused-ring (bicyclic) bond motifs is 1. The van der Waals surface area contributed by atoms with Crippen LogP contribution in [0.4, 0.5) is 11.4 Å². The molecule has 1 saturated heterocycles. The van der Waals surface area contributed by atoms with E-state index in [1.807, 2.05) is 12.1 Å². The maximum Gasteiger partial charge on any atom is 0.272 e. The summed E-state index contributed by atoms with van der Waals surface area (Å²) in [4.78, 5) is 15.5. The summed E-state index contributed by atoms with van der Waals surface area (Å²) in [5.74, 6) is -0.0393. The lowest BCUT2D eigenvalue weighted by atomic mass is 10.1. The molecule has 1 aliphatic heterocycles. The van der Waals surface area contributed by atoms with E-state index in [1.54, 1.807) is 0 Å². The molecule has 0 aliphatic carbocycles. The third kappa shape index (κ3) is 3.28. The van der Waals surface area contributed by atoms with Crippen LogP contribution in [0.5, 0.6) is 0 Å². The summed E-state index contributed by atoms with van der Waals surface area (Å²) >= 11 is 0. The number of carbonyl (C=O) groups is 1. The van der Waals surface area contributed by atoms with Crippen molar-refractivity contribution in [2.24, 2.45) is 0 Å². The fourth-order valence-corrected chi connectivity index (χ4v) is 4.33. The van der Waals surface area contributed by atoms with Gasteiger partial charge in [0, 0.05) is 41.9 Å². The van der Waals surface area contributed by atoms with Crippen molar-refractivity contribution in [3.05, 3.63) is 59.3 Å². The van der Waals surface area contributed by atoms with Crippen LogP contribution in [0.25, 0.3) is 10.9 Å². The van der Waals surface area contributed by atoms with Crippen molar-refractivity contribution in [2.75, 3.05) is 23.3 Å². The Hall–Kier alpha value is -2.75. The maximum atomic E-state index is 13.1. The Morgan fingerprint density at radius 2 is 1.75 bits per heavy atom. The molecule has 146 valence electrons. The van der Waals surface area contributed by atoms with Crippen molar-refractivity contribution in [3.63, 3.8) is 0 Å². The molecule has 1 fully saturated rings. The lowest BCUT2D eigenvalue weighted by Crippen LogP contribution is -2.19. The number of nitrogens with one attached hydrogen (secondary N) is 1. The first-order valence-corrected chi connectivity index (χ1v) is 10.4. The van der Waals surface area contributed by atoms with Crippen LogP contribution >= 0.6 is 0 Å². The van der Waals surface area contributed by atoms with E-state index in [1.165, 1.54) is 29.5 Å². The zero-order valence-electron chi connectivity index (χ0n) is 17.1. The minimum atomic E-state index is -0.0393. The summed E-state index contributed by atoms with van der Waals surface area (Å²) in [6.07, 6.45) is 3.52. The van der Waals surface area contributed by atoms with E-state index < -0.39 is 0 Å². The largest absolute Gasteiger partial charge is 0.372 e. The number of amides is 1. The highest BCUT2D eigenvalue weighted by molar-refractivity contribution is 6.08. The minimum Gasteiger partial charge on any atom is -0.372 e. The molecule has 0 saturated carbocycles. The van der Waals surface area contributed by atoms with E-state index in [0.717, 1.165) is 48.5 Å². The SMILES string of the molecule is CCc1ccc2c(c1)c(C)c(C(=O)Nc1ccc(N3CCCC3)cc1)n2CC. The van der Waals surface area contributed by atoms with E-state index in [0.29, 0.717) is 0 Å². The Morgan fingerprint density at radius 1 is 1.04 bits per heavy atom. The molecule has 3 aromatic rings. The third-order valence-corrected chi connectivity index (χ3v) is 5.92. The van der Waals surface area contributed by atoms with E-state index in [4.69, 9.17) is 0 Å². The average molecular weight is 376 g/mol. The normalized spacial score (nSPS) is 14.0. The van der Waals surface area contributed by atoms with Gasteiger partial charge in [-0.15, -0.1) is 0 Å². The van der Waals surface area contributed by atoms with Gasteiger partial charge in [0.15, 0.2) is 0 Å². The molecule has 1 aromatic heterocycles. The molecule has 4 nitrogen and oxygen atoms in total. The molecule has 0 spiro atoms. The number of hydrogen-bond donors (Lipinski definition) is 1. The van der Waals surface area contributed by atoms with Crippen LogP contribution in [-0.4, -0.2) is 23.6 Å². The Balaban J connectivity index is 1.62. The molecular formula is C24H29N3O. The van der Waals surface area contributed by atoms with Crippen molar-refractivity contribution < 1.29 is 4.79 Å². The zero-order valence-corrected chi connectivity index (χ0v) is 17.1. The lowest BCUT2D eigenvalue weighted by Gasteiger charge is -2.18. The van der Waals surface area contributed by atoms with Gasteiger partial charge in [-0.1, -0.05) is 13.0 Å². The second kappa shape index (κ2) is 7.70. The van der Waals surface area contributed by atoms with Gasteiger partial charge in [0.25, 0.3) is 5.91 Å². The van der Waals surface area contributed by atoms with Gasteiger partial charge in [-0.05, 0) is 80.6 Å². The molecule has 1 aliphatic rings. The van der Waals surface area contributed by atoms with Crippen LogP contribution in [0.15, 0.2) is 42.5 Å². The van der Waals surface area contributed by atoms with E-state index in [2.05, 4.69) is 65.9 Å². The molecule has 0 radical (unpaired) electrons. The fraction of sp³-hybridized carbons (Fsp3) is 0.375. The number of nitrogens with zero attached hydrogens (tertiary/aromatic N) is 2. The molecule has 28 heavy (non-hydrogen) atoms. The van der Waals surface area contributed by atoms with Gasteiger partial charge in [0.05, 0.1) is 0 Å². The first-order chi connectivity index (χ1) is 13.6. The highest BCUT2D eigenvalue weighted by Gasteiger charge is 2.20. The van der Waals surface area contributed by atoms with Gasteiger partial charge < -0.3 is 14.8 Å². The van der Waals surface area contributed by atoms with Crippen LogP contribution in [-0.2, 0) is 13.0 Å². The van der Waals surface area contributed by atoms with Gasteiger partial charge >= 0.3 is 0 Å². The second-order valence-corrected chi connectivity index (χ2v) is 7.62. The predicted octanol–water partition coefficient (Wildman–Crippen LogP) is 5.38. The van der Waals surface area contributed by atoms with Crippen LogP contribution < -0.4 is 10.2 Å². The van der Waals surface area contributed by atoms with Crippen LogP contribution in [0, 0.1) is 6.92 Å². The van der Waals surface area contributed by atoms with Gasteiger partial charge in [-0.25, -0.2) is 0 Å². The summed E-state index contributed by atoms with van der Waals surface area (Å²) in [6.45, 7) is 9.33. The monoisotopic (exact) mass is 375 g/mol. The highest BCUT2D eigenvalue weighted by atomic mass is 16.2. The molecule has 0 bridgehead atoms. The number of hydrogen-bond acceptors (Lipinski definition) is 2. The summed E-state index contributed by atoms with van der Waals surface area (Å²) in [5, 5.41) is 4.28. The Kier molecular flexibility index (Phi) is 5.12. The van der Waals surface area contributed by atoms with Crippen molar-refractivity contribution in [2.45, 2.75) is 46.6 Å². The summed E-state index contributed by atoms with van der Waals surface area (Å²) in [6, 6.07) is 14.8. The summed E-state index contributed by atoms with van der Waals surface area (Å²) < 4.78 is 2.12. The number of carbonyl (C=O) groups excluding carboxylic acids is 1. The van der Waals surface area contributed by atoms with Crippen molar-refractivity contribution >= 4 is 28.2 Å². The number of aryl methyl sites for hydroxylation is 3. The van der Waals surface area contributed by atoms with Crippen molar-refractivity contribution in [1.82, 2.24) is 4.57 Å². The molecule has 2 heterocycles. The van der Waals surface area contributed by atoms with Gasteiger partial charge in [0.1, 0.15) is 5.69 Å². The van der Waals surface area contributed by atoms with E-state index in [9.17, 15) is 4.79 Å². The smallest absolute Gasteiger partial charge is 0.272 e. The molecule has 1 amide bonds. The minimum absolute atomic E-state index is 0.0393. The van der Waals surface area contributed by atoms with Gasteiger partial charge in [-0.3, -0.25) is 4.79 Å². The summed E-state index contributed by atoms with van der Waals surface area (Å²) in [7, 11) is 0. The number of benzene rings is 2. The Labute approximate surface area is 167 Å². The lowest BCUT2D eigenvalue weighted by molar-refractivity contribution is 0.101. The second-order valence-electron chi connectivity index (χ2n) is 7.62. The van der Waals surface area contributed by atoms with E-state index >= 15 is 0 Å². The molecule has 2 aromatic carbocycles. The van der Waals surface area contributed by atoms with Gasteiger partial charge in [0.2, 0.25) is 0 Å². The molecule has 0 atom stereocenters. The third-order valence-electron chi connectivity index (χ3n) is 5.92. The first-order valence-electron chi connectivity index (χ1n) is 10.4. The number of rotatable bonds is 5. The van der Waals surface area contributed by atoms with Crippen molar-refractivity contribution in [1.29, 1.82) is 0 Å². The molecule has 0 unspecified atom stereocenters. The van der Waals surface area contributed by atoms with E-state index in [-0.39, 0.29) is 5.91 Å². The zero-order chi connectivity index (χ0) is 19.7. The van der Waals surface area contributed by atoms with Gasteiger partial charge in [-0.2, -0.15) is 0 Å². The Morgan fingerprint density at radius 3 is 2.39 bits per heavy atom. The average Bonchev–Trinajstić information content (AvgIpc) is 3.35. The Bertz CT molecular complexity index is 995.